The quantitative estimate of drug-likeness (QED) is 0.740. The van der Waals surface area contributed by atoms with Gasteiger partial charge in [-0.25, -0.2) is 0 Å². The van der Waals surface area contributed by atoms with Crippen molar-refractivity contribution in [1.29, 1.82) is 0 Å². The fourth-order valence-electron chi connectivity index (χ4n) is 2.94. The van der Waals surface area contributed by atoms with Crippen LogP contribution in [0, 0.1) is 6.92 Å². The lowest BCUT2D eigenvalue weighted by molar-refractivity contribution is -0.142. The number of aryl methyl sites for hydroxylation is 1. The Balaban J connectivity index is 2.58. The van der Waals surface area contributed by atoms with E-state index in [1.54, 1.807) is 7.11 Å². The first-order valence-corrected chi connectivity index (χ1v) is 8.72. The maximum atomic E-state index is 12.0. The lowest BCUT2D eigenvalue weighted by Gasteiger charge is -2.19. The summed E-state index contributed by atoms with van der Waals surface area (Å²) in [5, 5.41) is 3.38. The molecule has 0 bridgehead atoms. The SMILES string of the molecule is CCNCc1c(CC(=O)OCC)ccc(OC)c1-c1cccc(C)c1. The first kappa shape index (κ1) is 19.0. The summed E-state index contributed by atoms with van der Waals surface area (Å²) in [6.45, 7) is 7.88. The Labute approximate surface area is 150 Å². The molecule has 0 aliphatic rings. The predicted molar refractivity (Wildman–Crippen MR) is 101 cm³/mol. The number of carbonyl (C=O) groups is 1. The highest BCUT2D eigenvalue weighted by Gasteiger charge is 2.18. The molecular formula is C21H27NO3. The molecule has 0 atom stereocenters. The van der Waals surface area contributed by atoms with E-state index in [0.717, 1.165) is 34.5 Å². The van der Waals surface area contributed by atoms with Crippen molar-refractivity contribution in [1.82, 2.24) is 5.32 Å². The van der Waals surface area contributed by atoms with E-state index in [-0.39, 0.29) is 12.4 Å². The number of rotatable bonds is 8. The van der Waals surface area contributed by atoms with Crippen LogP contribution in [0.3, 0.4) is 0 Å². The maximum absolute atomic E-state index is 12.0. The minimum atomic E-state index is -0.208. The minimum Gasteiger partial charge on any atom is -0.496 e. The van der Waals surface area contributed by atoms with E-state index >= 15 is 0 Å². The van der Waals surface area contributed by atoms with Gasteiger partial charge in [0.15, 0.2) is 0 Å². The Bertz CT molecular complexity index is 725. The van der Waals surface area contributed by atoms with E-state index in [9.17, 15) is 4.79 Å². The standard InChI is InChI=1S/C21H27NO3/c1-5-22-14-18-16(13-20(23)25-6-2)10-11-19(24-4)21(18)17-9-7-8-15(3)12-17/h7-12,22H,5-6,13-14H2,1-4H3. The number of benzene rings is 2. The molecule has 0 fully saturated rings. The third-order valence-electron chi connectivity index (χ3n) is 4.09. The van der Waals surface area contributed by atoms with Crippen LogP contribution in [0.4, 0.5) is 0 Å². The summed E-state index contributed by atoms with van der Waals surface area (Å²) < 4.78 is 10.8. The number of hydrogen-bond donors (Lipinski definition) is 1. The second-order valence-electron chi connectivity index (χ2n) is 5.91. The third kappa shape index (κ3) is 4.83. The molecule has 0 aliphatic heterocycles. The number of ether oxygens (including phenoxy) is 2. The average molecular weight is 341 g/mol. The van der Waals surface area contributed by atoms with Crippen LogP contribution in [0.5, 0.6) is 5.75 Å². The van der Waals surface area contributed by atoms with E-state index in [1.165, 1.54) is 5.56 Å². The molecule has 0 amide bonds. The number of esters is 1. The van der Waals surface area contributed by atoms with Crippen molar-refractivity contribution >= 4 is 5.97 Å². The largest absolute Gasteiger partial charge is 0.496 e. The lowest BCUT2D eigenvalue weighted by Crippen LogP contribution is -2.17. The van der Waals surface area contributed by atoms with E-state index in [1.807, 2.05) is 25.1 Å². The summed E-state index contributed by atoms with van der Waals surface area (Å²) in [5.41, 5.74) is 5.37. The monoisotopic (exact) mass is 341 g/mol. The van der Waals surface area contributed by atoms with E-state index in [0.29, 0.717) is 13.2 Å². The van der Waals surface area contributed by atoms with Crippen LogP contribution in [0.2, 0.25) is 0 Å². The minimum absolute atomic E-state index is 0.208. The normalized spacial score (nSPS) is 10.6. The average Bonchev–Trinajstić information content (AvgIpc) is 2.60. The Morgan fingerprint density at radius 2 is 1.96 bits per heavy atom. The molecule has 4 nitrogen and oxygen atoms in total. The van der Waals surface area contributed by atoms with Crippen LogP contribution in [0.25, 0.3) is 11.1 Å². The molecule has 0 aromatic heterocycles. The second-order valence-corrected chi connectivity index (χ2v) is 5.91. The van der Waals surface area contributed by atoms with Crippen LogP contribution >= 0.6 is 0 Å². The highest BCUT2D eigenvalue weighted by atomic mass is 16.5. The van der Waals surface area contributed by atoms with Gasteiger partial charge >= 0.3 is 5.97 Å². The topological polar surface area (TPSA) is 47.6 Å². The van der Waals surface area contributed by atoms with Crippen LogP contribution in [0.1, 0.15) is 30.5 Å². The molecule has 1 N–H and O–H groups in total. The van der Waals surface area contributed by atoms with E-state index in [4.69, 9.17) is 9.47 Å². The van der Waals surface area contributed by atoms with Gasteiger partial charge in [0.2, 0.25) is 0 Å². The molecule has 2 aromatic carbocycles. The molecule has 2 aromatic rings. The van der Waals surface area contributed by atoms with Crippen molar-refractivity contribution in [3.8, 4) is 16.9 Å². The van der Waals surface area contributed by atoms with Crippen LogP contribution < -0.4 is 10.1 Å². The third-order valence-corrected chi connectivity index (χ3v) is 4.09. The summed E-state index contributed by atoms with van der Waals surface area (Å²) in [6, 6.07) is 12.2. The Morgan fingerprint density at radius 1 is 1.16 bits per heavy atom. The molecule has 0 saturated heterocycles. The predicted octanol–water partition coefficient (Wildman–Crippen LogP) is 3.89. The smallest absolute Gasteiger partial charge is 0.310 e. The van der Waals surface area contributed by atoms with Crippen LogP contribution in [-0.2, 0) is 22.5 Å². The van der Waals surface area contributed by atoms with Gasteiger partial charge < -0.3 is 14.8 Å². The zero-order chi connectivity index (χ0) is 18.2. The summed E-state index contributed by atoms with van der Waals surface area (Å²) in [5.74, 6) is 0.603. The van der Waals surface area contributed by atoms with Gasteiger partial charge in [0.25, 0.3) is 0 Å². The van der Waals surface area contributed by atoms with Crippen LogP contribution in [0.15, 0.2) is 36.4 Å². The molecular weight excluding hydrogens is 314 g/mol. The number of methoxy groups -OCH3 is 1. The molecule has 25 heavy (non-hydrogen) atoms. The molecule has 0 spiro atoms. The van der Waals surface area contributed by atoms with Gasteiger partial charge in [-0.15, -0.1) is 0 Å². The lowest BCUT2D eigenvalue weighted by atomic mass is 9.92. The first-order valence-electron chi connectivity index (χ1n) is 8.72. The second kappa shape index (κ2) is 9.23. The van der Waals surface area contributed by atoms with Crippen molar-refractivity contribution in [2.24, 2.45) is 0 Å². The number of carbonyl (C=O) groups excluding carboxylic acids is 1. The Kier molecular flexibility index (Phi) is 7.02. The molecule has 2 rings (SSSR count). The van der Waals surface area contributed by atoms with Gasteiger partial charge in [-0.3, -0.25) is 4.79 Å². The van der Waals surface area contributed by atoms with Crippen molar-refractivity contribution in [3.05, 3.63) is 53.1 Å². The van der Waals surface area contributed by atoms with Gasteiger partial charge in [0.1, 0.15) is 5.75 Å². The molecule has 134 valence electrons. The summed E-state index contributed by atoms with van der Waals surface area (Å²) >= 11 is 0. The zero-order valence-corrected chi connectivity index (χ0v) is 15.5. The van der Waals surface area contributed by atoms with Crippen molar-refractivity contribution in [3.63, 3.8) is 0 Å². The summed E-state index contributed by atoms with van der Waals surface area (Å²) in [4.78, 5) is 12.0. The number of nitrogens with one attached hydrogen (secondary N) is 1. The van der Waals surface area contributed by atoms with Gasteiger partial charge in [-0.1, -0.05) is 42.8 Å². The fourth-order valence-corrected chi connectivity index (χ4v) is 2.94. The van der Waals surface area contributed by atoms with Gasteiger partial charge in [-0.05, 0) is 43.1 Å². The highest BCUT2D eigenvalue weighted by molar-refractivity contribution is 5.79. The van der Waals surface area contributed by atoms with Crippen LogP contribution in [-0.4, -0.2) is 26.2 Å². The fraction of sp³-hybridized carbons (Fsp3) is 0.381. The molecule has 0 radical (unpaired) electrons. The molecule has 0 unspecified atom stereocenters. The maximum Gasteiger partial charge on any atom is 0.310 e. The highest BCUT2D eigenvalue weighted by Crippen LogP contribution is 2.36. The summed E-state index contributed by atoms with van der Waals surface area (Å²) in [7, 11) is 1.68. The van der Waals surface area contributed by atoms with E-state index in [2.05, 4.69) is 37.4 Å². The molecule has 4 heteroatoms. The van der Waals surface area contributed by atoms with Gasteiger partial charge in [-0.2, -0.15) is 0 Å². The molecule has 0 heterocycles. The number of hydrogen-bond acceptors (Lipinski definition) is 4. The molecule has 0 saturated carbocycles. The molecule has 0 aliphatic carbocycles. The summed E-state index contributed by atoms with van der Waals surface area (Å²) in [6.07, 6.45) is 0.261. The van der Waals surface area contributed by atoms with Crippen molar-refractivity contribution in [2.75, 3.05) is 20.3 Å². The van der Waals surface area contributed by atoms with Gasteiger partial charge in [0.05, 0.1) is 20.1 Å². The first-order chi connectivity index (χ1) is 12.1. The van der Waals surface area contributed by atoms with Crippen molar-refractivity contribution in [2.45, 2.75) is 33.7 Å². The van der Waals surface area contributed by atoms with E-state index < -0.39 is 0 Å². The Morgan fingerprint density at radius 3 is 2.60 bits per heavy atom. The zero-order valence-electron chi connectivity index (χ0n) is 15.5. The van der Waals surface area contributed by atoms with Crippen molar-refractivity contribution < 1.29 is 14.3 Å². The van der Waals surface area contributed by atoms with Gasteiger partial charge in [0, 0.05) is 12.1 Å². The Hall–Kier alpha value is -2.33.